The molecule has 6 aromatic rings. The Labute approximate surface area is 381 Å². The van der Waals surface area contributed by atoms with Crippen LogP contribution >= 0.6 is 0 Å². The van der Waals surface area contributed by atoms with Crippen molar-refractivity contribution in [1.29, 1.82) is 0 Å². The van der Waals surface area contributed by atoms with Gasteiger partial charge in [0.2, 0.25) is 0 Å². The van der Waals surface area contributed by atoms with Gasteiger partial charge in [0.05, 0.1) is 0 Å². The average Bonchev–Trinajstić information content (AvgIpc) is 3.84. The monoisotopic (exact) mass is 904 g/mol. The zero-order valence-electron chi connectivity index (χ0n) is 37.3. The molecule has 6 aromatic carbocycles. The van der Waals surface area contributed by atoms with Crippen molar-refractivity contribution < 1.29 is 46.1 Å². The molecular weight excluding hydrogens is 847 g/mol. The Kier molecular flexibility index (Phi) is 13.9. The standard InChI is InChI=1S/C35H37.C17H18.C5H5.2ClH.Zr/c1-22-13-9-11-15-26(22)30-18-24-17-25-19-31(27-16-12-10-14-23(27)2)33(35(6,7)8)21-29(25)28(24)20-32(30)34(3,4)5;1-14-6-10-16(11-7-14)4-3-5-17-12-8-15(2)9-13-17;1-2-4-5-3-1;;;/h9-16,18,20-21H,17H2,1-8H3;6-13H,4-5H2,1-2H3;1-3H,4H2;2*1H;/q;;;;;+2/p-2. The fraction of sp³-hybridized carbons (Fsp3) is 0.281. The quantitative estimate of drug-likeness (QED) is 0.145. The van der Waals surface area contributed by atoms with Crippen molar-refractivity contribution in [2.24, 2.45) is 0 Å². The van der Waals surface area contributed by atoms with Crippen molar-refractivity contribution in [2.75, 3.05) is 0 Å². The molecule has 0 saturated heterocycles. The van der Waals surface area contributed by atoms with Crippen molar-refractivity contribution in [3.05, 3.63) is 192 Å². The van der Waals surface area contributed by atoms with Crippen LogP contribution in [0.4, 0.5) is 0 Å². The van der Waals surface area contributed by atoms with Gasteiger partial charge in [0.25, 0.3) is 0 Å². The molecule has 2 aliphatic carbocycles. The van der Waals surface area contributed by atoms with Crippen molar-refractivity contribution in [3.8, 4) is 33.4 Å². The molecule has 0 amide bonds. The summed E-state index contributed by atoms with van der Waals surface area (Å²) in [4.78, 5) is 0. The van der Waals surface area contributed by atoms with Crippen LogP contribution in [0.5, 0.6) is 0 Å². The van der Waals surface area contributed by atoms with Gasteiger partial charge in [0.1, 0.15) is 0 Å². The first-order valence-electron chi connectivity index (χ1n) is 21.4. The first kappa shape index (κ1) is 45.7. The third-order valence-electron chi connectivity index (χ3n) is 12.6. The van der Waals surface area contributed by atoms with Crippen LogP contribution < -0.4 is 28.1 Å². The van der Waals surface area contributed by atoms with E-state index in [0.717, 1.165) is 25.7 Å². The van der Waals surface area contributed by atoms with E-state index in [9.17, 15) is 0 Å². The van der Waals surface area contributed by atoms with Crippen molar-refractivity contribution in [3.63, 3.8) is 0 Å². The summed E-state index contributed by atoms with van der Waals surface area (Å²) in [6.07, 6.45) is 11.4. The van der Waals surface area contributed by atoms with Gasteiger partial charge in [0.15, 0.2) is 0 Å². The van der Waals surface area contributed by atoms with E-state index in [1.165, 1.54) is 83.5 Å². The fourth-order valence-corrected chi connectivity index (χ4v) is 18.1. The number of benzene rings is 6. The average molecular weight is 907 g/mol. The number of hydrogen-bond acceptors (Lipinski definition) is 0. The maximum absolute atomic E-state index is 2.94. The minimum absolute atomic E-state index is 0. The normalized spacial score (nSPS) is 12.8. The fourth-order valence-electron chi connectivity index (χ4n) is 9.44. The largest absolute Gasteiger partial charge is 1.00 e. The van der Waals surface area contributed by atoms with Gasteiger partial charge in [0, 0.05) is 0 Å². The number of fused-ring (bicyclic) bond motifs is 3. The van der Waals surface area contributed by atoms with Crippen LogP contribution in [0.3, 0.4) is 0 Å². The summed E-state index contributed by atoms with van der Waals surface area (Å²) >= 11 is -2.94. The van der Waals surface area contributed by atoms with Crippen LogP contribution in [-0.2, 0) is 51.4 Å². The van der Waals surface area contributed by atoms with Gasteiger partial charge in [-0.1, -0.05) is 0 Å². The molecule has 0 nitrogen and oxygen atoms in total. The minimum Gasteiger partial charge on any atom is -1.00 e. The number of halogens is 2. The van der Waals surface area contributed by atoms with Crippen LogP contribution in [0.25, 0.3) is 33.4 Å². The molecule has 0 radical (unpaired) electrons. The predicted octanol–water partition coefficient (Wildman–Crippen LogP) is 8.17. The van der Waals surface area contributed by atoms with Gasteiger partial charge < -0.3 is 24.8 Å². The molecule has 0 unspecified atom stereocenters. The number of hydrogen-bond donors (Lipinski definition) is 0. The molecule has 0 bridgehead atoms. The smallest absolute Gasteiger partial charge is 1.00 e. The molecule has 0 spiro atoms. The molecule has 0 heterocycles. The maximum Gasteiger partial charge on any atom is -1.00 e. The Bertz CT molecular complexity index is 2590. The summed E-state index contributed by atoms with van der Waals surface area (Å²) in [6.45, 7) is 23.5. The SMILES string of the molecule is Cc1ccc(C[C](Cc2ccc(C)cc2)=[Zr+2]([C]2=CC=CC2)[c]2c3c(cc(C(C)(C)C)c2-c2ccccc2C)-c2cc(C(C)(C)C)c(-c4ccccc4C)cc2C3)cc1.[Cl-].[Cl-]. The second-order valence-electron chi connectivity index (χ2n) is 19.2. The molecule has 0 saturated carbocycles. The Morgan fingerprint density at radius 2 is 1.07 bits per heavy atom. The number of aryl methyl sites for hydroxylation is 4. The van der Waals surface area contributed by atoms with E-state index in [4.69, 9.17) is 0 Å². The third kappa shape index (κ3) is 9.16. The van der Waals surface area contributed by atoms with Crippen molar-refractivity contribution >= 4 is 6.48 Å². The molecule has 3 heteroatoms. The molecule has 0 aromatic heterocycles. The van der Waals surface area contributed by atoms with Gasteiger partial charge in [-0.15, -0.1) is 0 Å². The van der Waals surface area contributed by atoms with E-state index in [1.807, 2.05) is 0 Å². The Balaban J connectivity index is 0.00000302. The molecule has 8 rings (SSSR count). The van der Waals surface area contributed by atoms with Crippen molar-refractivity contribution in [1.82, 2.24) is 0 Å². The van der Waals surface area contributed by atoms with Crippen LogP contribution in [0.15, 0.2) is 137 Å². The third-order valence-corrected chi connectivity index (χ3v) is 20.3. The Hall–Kier alpha value is -3.87. The van der Waals surface area contributed by atoms with Crippen LogP contribution in [0.2, 0.25) is 0 Å². The summed E-state index contributed by atoms with van der Waals surface area (Å²) in [5, 5.41) is 0. The molecule has 0 atom stereocenters. The molecule has 306 valence electrons. The summed E-state index contributed by atoms with van der Waals surface area (Å²) in [6, 6.07) is 44.9. The number of rotatable bonds is 8. The molecule has 0 N–H and O–H groups in total. The molecule has 60 heavy (non-hydrogen) atoms. The summed E-state index contributed by atoms with van der Waals surface area (Å²) in [5.41, 5.74) is 22.7. The van der Waals surface area contributed by atoms with Crippen LogP contribution in [0, 0.1) is 27.7 Å². The molecular formula is C57H60Cl2Zr. The van der Waals surface area contributed by atoms with Gasteiger partial charge in [-0.25, -0.2) is 0 Å². The van der Waals surface area contributed by atoms with E-state index < -0.39 is 21.3 Å². The zero-order chi connectivity index (χ0) is 40.9. The van der Waals surface area contributed by atoms with Crippen LogP contribution in [0.1, 0.15) is 104 Å². The first-order chi connectivity index (χ1) is 27.7. The van der Waals surface area contributed by atoms with Gasteiger partial charge >= 0.3 is 359 Å². The van der Waals surface area contributed by atoms with Gasteiger partial charge in [-0.2, -0.15) is 0 Å². The van der Waals surface area contributed by atoms with E-state index in [0.29, 0.717) is 0 Å². The molecule has 0 aliphatic heterocycles. The second-order valence-corrected chi connectivity index (χ2v) is 25.6. The summed E-state index contributed by atoms with van der Waals surface area (Å²) in [7, 11) is 0. The predicted molar refractivity (Wildman–Crippen MR) is 249 cm³/mol. The van der Waals surface area contributed by atoms with E-state index in [2.05, 4.69) is 203 Å². The van der Waals surface area contributed by atoms with E-state index >= 15 is 0 Å². The van der Waals surface area contributed by atoms with E-state index in [1.54, 1.807) is 15.3 Å². The van der Waals surface area contributed by atoms with Gasteiger partial charge in [-0.05, 0) is 0 Å². The maximum atomic E-state index is 2.65. The number of allylic oxidation sites excluding steroid dienone is 4. The van der Waals surface area contributed by atoms with Gasteiger partial charge in [-0.3, -0.25) is 0 Å². The first-order valence-corrected chi connectivity index (χ1v) is 25.1. The summed E-state index contributed by atoms with van der Waals surface area (Å²) < 4.78 is 5.18. The zero-order valence-corrected chi connectivity index (χ0v) is 41.3. The minimum atomic E-state index is -2.94. The van der Waals surface area contributed by atoms with Crippen molar-refractivity contribution in [2.45, 2.75) is 106 Å². The van der Waals surface area contributed by atoms with E-state index in [-0.39, 0.29) is 35.6 Å². The van der Waals surface area contributed by atoms with Crippen LogP contribution in [-0.4, -0.2) is 3.21 Å². The molecule has 2 aliphatic rings. The summed E-state index contributed by atoms with van der Waals surface area (Å²) in [5.74, 6) is 0. The topological polar surface area (TPSA) is 0 Å². The Morgan fingerprint density at radius 1 is 0.550 bits per heavy atom. The second kappa shape index (κ2) is 18.2. The molecule has 0 fully saturated rings. The Morgan fingerprint density at radius 3 is 1.57 bits per heavy atom.